The first-order chi connectivity index (χ1) is 11.6. The second-order valence-electron chi connectivity index (χ2n) is 5.87. The highest BCUT2D eigenvalue weighted by Gasteiger charge is 2.24. The van der Waals surface area contributed by atoms with Gasteiger partial charge in [-0.1, -0.05) is 0 Å². The minimum absolute atomic E-state index is 0.172. The van der Waals surface area contributed by atoms with Crippen molar-refractivity contribution in [2.75, 3.05) is 23.3 Å². The molecule has 0 aliphatic carbocycles. The minimum Gasteiger partial charge on any atom is -0.364 e. The van der Waals surface area contributed by atoms with E-state index in [0.29, 0.717) is 12.4 Å². The summed E-state index contributed by atoms with van der Waals surface area (Å²) < 4.78 is 2.82. The highest BCUT2D eigenvalue weighted by Crippen LogP contribution is 2.20. The fourth-order valence-corrected chi connectivity index (χ4v) is 2.97. The largest absolute Gasteiger partial charge is 0.364 e. The predicted molar refractivity (Wildman–Crippen MR) is 89.5 cm³/mol. The standard InChI is InChI=1S/C15H17N7O2/c1-20-13(23)8-12(19-15(20)24)21-6-3-10(9-21)18-14-11-2-4-17-22(11)7-5-16-14/h2,4-5,7-8,10H,3,6,9H2,1H3,(H,16,18)(H,19,24)/t10-/m0/s1. The predicted octanol–water partition coefficient (Wildman–Crippen LogP) is -0.193. The molecule has 0 amide bonds. The van der Waals surface area contributed by atoms with Gasteiger partial charge >= 0.3 is 5.69 Å². The van der Waals surface area contributed by atoms with E-state index >= 15 is 0 Å². The van der Waals surface area contributed by atoms with Gasteiger partial charge in [0.15, 0.2) is 5.82 Å². The Balaban J connectivity index is 1.54. The Kier molecular flexibility index (Phi) is 3.33. The lowest BCUT2D eigenvalue weighted by Gasteiger charge is -2.19. The lowest BCUT2D eigenvalue weighted by molar-refractivity contribution is 0.760. The molecule has 0 aromatic carbocycles. The topological polar surface area (TPSA) is 100 Å². The monoisotopic (exact) mass is 327 g/mol. The second kappa shape index (κ2) is 5.52. The molecule has 1 aliphatic rings. The highest BCUT2D eigenvalue weighted by molar-refractivity contribution is 5.67. The molecule has 0 saturated carbocycles. The summed E-state index contributed by atoms with van der Waals surface area (Å²) >= 11 is 0. The molecule has 3 aromatic heterocycles. The Morgan fingerprint density at radius 3 is 3.04 bits per heavy atom. The van der Waals surface area contributed by atoms with Gasteiger partial charge in [0.25, 0.3) is 5.56 Å². The summed E-state index contributed by atoms with van der Waals surface area (Å²) in [7, 11) is 1.46. The van der Waals surface area contributed by atoms with Gasteiger partial charge in [-0.2, -0.15) is 5.10 Å². The van der Waals surface area contributed by atoms with Gasteiger partial charge in [-0.25, -0.2) is 14.3 Å². The smallest absolute Gasteiger partial charge is 0.329 e. The van der Waals surface area contributed by atoms with E-state index in [1.165, 1.54) is 13.1 Å². The van der Waals surface area contributed by atoms with Crippen molar-refractivity contribution in [3.05, 3.63) is 51.6 Å². The Morgan fingerprint density at radius 1 is 1.33 bits per heavy atom. The van der Waals surface area contributed by atoms with Crippen molar-refractivity contribution in [1.82, 2.24) is 24.1 Å². The van der Waals surface area contributed by atoms with Gasteiger partial charge in [0.1, 0.15) is 11.3 Å². The molecule has 0 bridgehead atoms. The van der Waals surface area contributed by atoms with Crippen molar-refractivity contribution in [3.63, 3.8) is 0 Å². The molecule has 0 spiro atoms. The number of anilines is 2. The maximum atomic E-state index is 11.8. The van der Waals surface area contributed by atoms with Crippen LogP contribution in [0.4, 0.5) is 11.6 Å². The van der Waals surface area contributed by atoms with Gasteiger partial charge in [-0.05, 0) is 12.5 Å². The van der Waals surface area contributed by atoms with Crippen LogP contribution in [0.3, 0.4) is 0 Å². The molecule has 4 heterocycles. The second-order valence-corrected chi connectivity index (χ2v) is 5.87. The van der Waals surface area contributed by atoms with Crippen LogP contribution in [0.1, 0.15) is 6.42 Å². The maximum absolute atomic E-state index is 11.8. The van der Waals surface area contributed by atoms with Gasteiger partial charge in [0, 0.05) is 44.6 Å². The molecule has 1 aliphatic heterocycles. The van der Waals surface area contributed by atoms with Crippen LogP contribution in [0.25, 0.3) is 5.52 Å². The summed E-state index contributed by atoms with van der Waals surface area (Å²) in [6.07, 6.45) is 6.11. The molecule has 0 unspecified atom stereocenters. The van der Waals surface area contributed by atoms with E-state index in [-0.39, 0.29) is 11.6 Å². The fraction of sp³-hybridized carbons (Fsp3) is 0.333. The molecular weight excluding hydrogens is 310 g/mol. The third-order valence-electron chi connectivity index (χ3n) is 4.32. The van der Waals surface area contributed by atoms with Crippen LogP contribution in [0.2, 0.25) is 0 Å². The molecule has 1 saturated heterocycles. The van der Waals surface area contributed by atoms with Crippen molar-refractivity contribution in [2.45, 2.75) is 12.5 Å². The first-order valence-corrected chi connectivity index (χ1v) is 7.72. The van der Waals surface area contributed by atoms with Crippen LogP contribution in [-0.2, 0) is 7.05 Å². The summed E-state index contributed by atoms with van der Waals surface area (Å²) in [6.45, 7) is 1.43. The van der Waals surface area contributed by atoms with Gasteiger partial charge in [-0.3, -0.25) is 14.3 Å². The van der Waals surface area contributed by atoms with Crippen molar-refractivity contribution < 1.29 is 0 Å². The lowest BCUT2D eigenvalue weighted by Crippen LogP contribution is -2.35. The molecule has 2 N–H and O–H groups in total. The number of aromatic nitrogens is 5. The number of fused-ring (bicyclic) bond motifs is 1. The number of aromatic amines is 1. The van der Waals surface area contributed by atoms with Crippen LogP contribution in [0.15, 0.2) is 40.3 Å². The third-order valence-corrected chi connectivity index (χ3v) is 4.32. The maximum Gasteiger partial charge on any atom is 0.329 e. The molecule has 0 radical (unpaired) electrons. The van der Waals surface area contributed by atoms with E-state index in [1.807, 2.05) is 11.0 Å². The SMILES string of the molecule is Cn1c(=O)cc(N2CC[C@H](Nc3nccn4nccc34)C2)[nH]c1=O. The molecule has 9 heteroatoms. The van der Waals surface area contributed by atoms with Gasteiger partial charge < -0.3 is 10.2 Å². The average molecular weight is 327 g/mol. The molecule has 4 rings (SSSR count). The fourth-order valence-electron chi connectivity index (χ4n) is 2.97. The van der Waals surface area contributed by atoms with Crippen LogP contribution < -0.4 is 21.5 Å². The number of nitrogens with zero attached hydrogens (tertiary/aromatic N) is 5. The first kappa shape index (κ1) is 14.5. The first-order valence-electron chi connectivity index (χ1n) is 7.72. The van der Waals surface area contributed by atoms with Crippen LogP contribution in [0, 0.1) is 0 Å². The van der Waals surface area contributed by atoms with E-state index in [9.17, 15) is 9.59 Å². The number of hydrogen-bond donors (Lipinski definition) is 2. The lowest BCUT2D eigenvalue weighted by atomic mass is 10.2. The molecule has 1 fully saturated rings. The van der Waals surface area contributed by atoms with E-state index in [4.69, 9.17) is 0 Å². The van der Waals surface area contributed by atoms with Crippen LogP contribution in [-0.4, -0.2) is 43.3 Å². The zero-order valence-electron chi connectivity index (χ0n) is 13.1. The average Bonchev–Trinajstić information content (AvgIpc) is 3.21. The quantitative estimate of drug-likeness (QED) is 0.691. The summed E-state index contributed by atoms with van der Waals surface area (Å²) in [5.41, 5.74) is 0.202. The van der Waals surface area contributed by atoms with Crippen molar-refractivity contribution in [3.8, 4) is 0 Å². The Morgan fingerprint density at radius 2 is 2.21 bits per heavy atom. The molecule has 124 valence electrons. The number of nitrogens with one attached hydrogen (secondary N) is 2. The third kappa shape index (κ3) is 2.43. The molecular formula is C15H17N7O2. The zero-order valence-corrected chi connectivity index (χ0v) is 13.1. The van der Waals surface area contributed by atoms with Crippen molar-refractivity contribution in [2.24, 2.45) is 7.05 Å². The van der Waals surface area contributed by atoms with Gasteiger partial charge in [0.2, 0.25) is 0 Å². The summed E-state index contributed by atoms with van der Waals surface area (Å²) in [6, 6.07) is 3.53. The molecule has 24 heavy (non-hydrogen) atoms. The van der Waals surface area contributed by atoms with Crippen LogP contribution in [0.5, 0.6) is 0 Å². The molecule has 9 nitrogen and oxygen atoms in total. The number of hydrogen-bond acceptors (Lipinski definition) is 6. The Hall–Kier alpha value is -3.10. The van der Waals surface area contributed by atoms with Crippen molar-refractivity contribution >= 4 is 17.2 Å². The molecule has 1 atom stereocenters. The van der Waals surface area contributed by atoms with E-state index in [0.717, 1.165) is 28.9 Å². The zero-order chi connectivity index (χ0) is 16.7. The molecule has 3 aromatic rings. The van der Waals surface area contributed by atoms with Gasteiger partial charge in [0.05, 0.1) is 6.20 Å². The van der Waals surface area contributed by atoms with E-state index < -0.39 is 5.69 Å². The Labute approximate surface area is 136 Å². The Bertz CT molecular complexity index is 971. The van der Waals surface area contributed by atoms with Crippen molar-refractivity contribution in [1.29, 1.82) is 0 Å². The summed E-state index contributed by atoms with van der Waals surface area (Å²) in [5.74, 6) is 1.34. The normalized spacial score (nSPS) is 17.5. The number of rotatable bonds is 3. The minimum atomic E-state index is -0.403. The summed E-state index contributed by atoms with van der Waals surface area (Å²) in [5, 5.41) is 7.61. The summed E-state index contributed by atoms with van der Waals surface area (Å²) in [4.78, 5) is 32.7. The van der Waals surface area contributed by atoms with E-state index in [2.05, 4.69) is 20.4 Å². The number of H-pyrrole nitrogens is 1. The van der Waals surface area contributed by atoms with Crippen LogP contribution >= 0.6 is 0 Å². The van der Waals surface area contributed by atoms with Gasteiger partial charge in [-0.15, -0.1) is 0 Å². The van der Waals surface area contributed by atoms with E-state index in [1.54, 1.807) is 23.1 Å². The highest BCUT2D eigenvalue weighted by atomic mass is 16.2.